The third-order valence-electron chi connectivity index (χ3n) is 4.29. The van der Waals surface area contributed by atoms with E-state index in [1.807, 2.05) is 42.8 Å². The summed E-state index contributed by atoms with van der Waals surface area (Å²) in [5, 5.41) is 9.10. The summed E-state index contributed by atoms with van der Waals surface area (Å²) in [7, 11) is 1.88. The first-order chi connectivity index (χ1) is 12.1. The Morgan fingerprint density at radius 1 is 1.36 bits per heavy atom. The summed E-state index contributed by atoms with van der Waals surface area (Å²) >= 11 is 0. The zero-order valence-electron chi connectivity index (χ0n) is 15.8. The topological polar surface area (TPSA) is 73.4 Å². The van der Waals surface area contributed by atoms with Gasteiger partial charge in [-0.05, 0) is 24.1 Å². The largest absolute Gasteiger partial charge is 0.403 e. The van der Waals surface area contributed by atoms with E-state index < -0.39 is 6.04 Å². The second-order valence-corrected chi connectivity index (χ2v) is 5.88. The smallest absolute Gasteiger partial charge is 0.250 e. The number of piperazine rings is 1. The first kappa shape index (κ1) is 20.6. The Morgan fingerprint density at radius 3 is 2.68 bits per heavy atom. The average molecular weight is 342 g/mol. The summed E-state index contributed by atoms with van der Waals surface area (Å²) in [6.07, 6.45) is 4.79. The third-order valence-corrected chi connectivity index (χ3v) is 4.29. The van der Waals surface area contributed by atoms with Gasteiger partial charge in [0.15, 0.2) is 0 Å². The normalized spacial score (nSPS) is 18.6. The molecule has 1 unspecified atom stereocenters. The number of likely N-dealkylation sites (N-methyl/N-ethyl adjacent to an activating group) is 1. The van der Waals surface area contributed by atoms with Crippen molar-refractivity contribution in [3.05, 3.63) is 47.3 Å². The van der Waals surface area contributed by atoms with E-state index in [1.54, 1.807) is 18.3 Å². The van der Waals surface area contributed by atoms with Crippen LogP contribution in [0.1, 0.15) is 57.2 Å². The van der Waals surface area contributed by atoms with E-state index in [0.717, 1.165) is 37.1 Å². The molecule has 1 aromatic rings. The van der Waals surface area contributed by atoms with Gasteiger partial charge in [-0.2, -0.15) is 5.26 Å². The molecular formula is C20H30N4O. The fraction of sp³-hybridized carbons (Fsp3) is 0.500. The molecule has 5 nitrogen and oxygen atoms in total. The molecule has 1 saturated heterocycles. The Labute approximate surface area is 151 Å². The van der Waals surface area contributed by atoms with Crippen LogP contribution in [0.2, 0.25) is 0 Å². The lowest BCUT2D eigenvalue weighted by Crippen LogP contribution is -2.50. The predicted molar refractivity (Wildman–Crippen MR) is 101 cm³/mol. The molecule has 0 aliphatic carbocycles. The van der Waals surface area contributed by atoms with Crippen LogP contribution < -0.4 is 5.73 Å². The molecule has 2 rings (SSSR count). The van der Waals surface area contributed by atoms with Gasteiger partial charge >= 0.3 is 0 Å². The minimum atomic E-state index is -0.423. The monoisotopic (exact) mass is 342 g/mol. The number of hydrogen-bond acceptors (Lipinski definition) is 4. The van der Waals surface area contributed by atoms with Crippen LogP contribution in [0.15, 0.2) is 36.2 Å². The zero-order valence-corrected chi connectivity index (χ0v) is 15.8. The van der Waals surface area contributed by atoms with Crippen LogP contribution in [0.25, 0.3) is 0 Å². The number of benzene rings is 1. The Balaban J connectivity index is 0.00000151. The second kappa shape index (κ2) is 10.4. The lowest BCUT2D eigenvalue weighted by Gasteiger charge is -2.41. The van der Waals surface area contributed by atoms with Crippen LogP contribution in [0.4, 0.5) is 0 Å². The highest BCUT2D eigenvalue weighted by atomic mass is 16.2. The van der Waals surface area contributed by atoms with Gasteiger partial charge in [-0.3, -0.25) is 4.79 Å². The molecular weight excluding hydrogens is 312 g/mol. The van der Waals surface area contributed by atoms with Gasteiger partial charge in [-0.15, -0.1) is 0 Å². The highest BCUT2D eigenvalue weighted by molar-refractivity contribution is 5.85. The first-order valence-corrected chi connectivity index (χ1v) is 9.04. The van der Waals surface area contributed by atoms with Gasteiger partial charge in [-0.1, -0.05) is 45.7 Å². The van der Waals surface area contributed by atoms with Gasteiger partial charge in [0.25, 0.3) is 0 Å². The highest BCUT2D eigenvalue weighted by Crippen LogP contribution is 2.30. The second-order valence-electron chi connectivity index (χ2n) is 5.88. The number of rotatable bonds is 5. The molecule has 1 aliphatic rings. The van der Waals surface area contributed by atoms with Crippen molar-refractivity contribution < 1.29 is 4.79 Å². The Bertz CT molecular complexity index is 633. The minimum absolute atomic E-state index is 0.0734. The molecule has 0 saturated carbocycles. The lowest BCUT2D eigenvalue weighted by molar-refractivity contribution is -0.139. The van der Waals surface area contributed by atoms with Gasteiger partial charge < -0.3 is 15.5 Å². The molecule has 1 aliphatic heterocycles. The van der Waals surface area contributed by atoms with Crippen LogP contribution in [-0.2, 0) is 4.79 Å². The standard InChI is InChI=1S/C18H24N4O.C2H6/c1-3-4-5-9-22-13-16(12-20)21(2)17(18(22)23)15-8-6-7-14(10-15)11-19;1-2/h6-8,10,12,17H,3-5,9,13,20H2,1-2H3;1-2H3/b16-12-;. The molecule has 0 radical (unpaired) electrons. The van der Waals surface area contributed by atoms with E-state index in [9.17, 15) is 4.79 Å². The number of amides is 1. The number of unbranched alkanes of at least 4 members (excludes halogenated alkanes) is 2. The molecule has 0 spiro atoms. The van der Waals surface area contributed by atoms with Crippen molar-refractivity contribution in [3.8, 4) is 6.07 Å². The molecule has 1 aromatic carbocycles. The molecule has 1 atom stereocenters. The van der Waals surface area contributed by atoms with E-state index in [2.05, 4.69) is 13.0 Å². The Morgan fingerprint density at radius 2 is 2.08 bits per heavy atom. The van der Waals surface area contributed by atoms with Crippen molar-refractivity contribution in [2.24, 2.45) is 5.73 Å². The van der Waals surface area contributed by atoms with Crippen LogP contribution in [0, 0.1) is 11.3 Å². The maximum absolute atomic E-state index is 12.9. The van der Waals surface area contributed by atoms with Gasteiger partial charge in [0, 0.05) is 25.5 Å². The molecule has 25 heavy (non-hydrogen) atoms. The van der Waals surface area contributed by atoms with Crippen LogP contribution in [-0.4, -0.2) is 35.8 Å². The van der Waals surface area contributed by atoms with E-state index in [1.165, 1.54) is 0 Å². The zero-order chi connectivity index (χ0) is 18.8. The maximum atomic E-state index is 12.9. The molecule has 1 amide bonds. The molecule has 2 N–H and O–H groups in total. The van der Waals surface area contributed by atoms with Crippen molar-refractivity contribution >= 4 is 5.91 Å². The number of nitrogens with two attached hydrogens (primary N) is 1. The summed E-state index contributed by atoms with van der Waals surface area (Å²) in [5.74, 6) is 0.0734. The summed E-state index contributed by atoms with van der Waals surface area (Å²) in [6, 6.07) is 8.94. The summed E-state index contributed by atoms with van der Waals surface area (Å²) in [4.78, 5) is 16.7. The molecule has 5 heteroatoms. The van der Waals surface area contributed by atoms with E-state index in [4.69, 9.17) is 11.0 Å². The van der Waals surface area contributed by atoms with Crippen LogP contribution >= 0.6 is 0 Å². The minimum Gasteiger partial charge on any atom is -0.403 e. The molecule has 136 valence electrons. The van der Waals surface area contributed by atoms with E-state index in [-0.39, 0.29) is 5.91 Å². The van der Waals surface area contributed by atoms with Crippen LogP contribution in [0.5, 0.6) is 0 Å². The van der Waals surface area contributed by atoms with Gasteiger partial charge in [-0.25, -0.2) is 0 Å². The van der Waals surface area contributed by atoms with Crippen molar-refractivity contribution in [2.75, 3.05) is 20.1 Å². The van der Waals surface area contributed by atoms with Crippen molar-refractivity contribution in [1.82, 2.24) is 9.80 Å². The number of carbonyl (C=O) groups is 1. The fourth-order valence-electron chi connectivity index (χ4n) is 2.95. The van der Waals surface area contributed by atoms with Crippen molar-refractivity contribution in [3.63, 3.8) is 0 Å². The van der Waals surface area contributed by atoms with Gasteiger partial charge in [0.05, 0.1) is 18.2 Å². The molecule has 0 aromatic heterocycles. The van der Waals surface area contributed by atoms with Gasteiger partial charge in [0.2, 0.25) is 5.91 Å². The van der Waals surface area contributed by atoms with E-state index >= 15 is 0 Å². The first-order valence-electron chi connectivity index (χ1n) is 9.04. The number of nitriles is 1. The fourth-order valence-corrected chi connectivity index (χ4v) is 2.95. The van der Waals surface area contributed by atoms with Gasteiger partial charge in [0.1, 0.15) is 6.04 Å². The number of carbonyl (C=O) groups excluding carboxylic acids is 1. The third kappa shape index (κ3) is 4.99. The average Bonchev–Trinajstić information content (AvgIpc) is 2.65. The summed E-state index contributed by atoms with van der Waals surface area (Å²) in [6.45, 7) is 7.43. The molecule has 0 bridgehead atoms. The quantitative estimate of drug-likeness (QED) is 0.833. The summed E-state index contributed by atoms with van der Waals surface area (Å²) in [5.41, 5.74) is 8.07. The predicted octanol–water partition coefficient (Wildman–Crippen LogP) is 3.39. The SMILES string of the molecule is CC.CCCCCN1C/C(=C/N)N(C)C(c2cccc(C#N)c2)C1=O. The van der Waals surface area contributed by atoms with E-state index in [0.29, 0.717) is 12.1 Å². The Hall–Kier alpha value is -2.48. The molecule has 1 heterocycles. The van der Waals surface area contributed by atoms with Crippen molar-refractivity contribution in [1.29, 1.82) is 5.26 Å². The highest BCUT2D eigenvalue weighted by Gasteiger charge is 2.35. The summed E-state index contributed by atoms with van der Waals surface area (Å²) < 4.78 is 0. The molecule has 1 fully saturated rings. The lowest BCUT2D eigenvalue weighted by atomic mass is 9.98. The number of hydrogen-bond donors (Lipinski definition) is 1. The Kier molecular flexibility index (Phi) is 8.55. The van der Waals surface area contributed by atoms with Crippen molar-refractivity contribution in [2.45, 2.75) is 46.1 Å². The number of nitrogens with zero attached hydrogens (tertiary/aromatic N) is 3. The maximum Gasteiger partial charge on any atom is 0.250 e. The van der Waals surface area contributed by atoms with Crippen LogP contribution in [0.3, 0.4) is 0 Å².